The number of hydrogen-bond donors (Lipinski definition) is 1. The molecule has 0 radical (unpaired) electrons. The van der Waals surface area contributed by atoms with E-state index in [1.165, 1.54) is 0 Å². The van der Waals surface area contributed by atoms with E-state index in [0.29, 0.717) is 0 Å². The van der Waals surface area contributed by atoms with Gasteiger partial charge in [-0.25, -0.2) is 0 Å². The Balaban J connectivity index is 1.89. The van der Waals surface area contributed by atoms with Crippen LogP contribution < -0.4 is 5.32 Å². The highest BCUT2D eigenvalue weighted by Gasteiger charge is 2.23. The quantitative estimate of drug-likeness (QED) is 0.817. The molecule has 1 N–H and O–H groups in total. The van der Waals surface area contributed by atoms with Crippen molar-refractivity contribution in [3.8, 4) is 0 Å². The first-order chi connectivity index (χ1) is 7.75. The number of carbonyl (C=O) groups excluding carboxylic acids is 1. The van der Waals surface area contributed by atoms with Crippen molar-refractivity contribution in [2.75, 3.05) is 25.5 Å². The molecule has 1 amide bonds. The second kappa shape index (κ2) is 5.07. The van der Waals surface area contributed by atoms with Gasteiger partial charge in [0, 0.05) is 24.0 Å². The number of likely N-dealkylation sites (tertiary alicyclic amines) is 1. The zero-order valence-electron chi connectivity index (χ0n) is 9.52. The van der Waals surface area contributed by atoms with Crippen LogP contribution in [-0.4, -0.2) is 35.9 Å². The van der Waals surface area contributed by atoms with Crippen molar-refractivity contribution in [2.24, 2.45) is 5.92 Å². The summed E-state index contributed by atoms with van der Waals surface area (Å²) in [4.78, 5) is 18.1. The number of hydrogen-bond acceptors (Lipinski definition) is 3. The SMILES string of the molecule is CN1CCC(C(=O)Nc2ccncc2)CC1. The van der Waals surface area contributed by atoms with E-state index in [1.54, 1.807) is 12.4 Å². The van der Waals surface area contributed by atoms with E-state index in [1.807, 2.05) is 12.1 Å². The van der Waals surface area contributed by atoms with Gasteiger partial charge in [-0.3, -0.25) is 9.78 Å². The molecule has 1 aliphatic rings. The highest BCUT2D eigenvalue weighted by Crippen LogP contribution is 2.18. The fourth-order valence-corrected chi connectivity index (χ4v) is 1.95. The molecule has 0 saturated carbocycles. The predicted octanol–water partition coefficient (Wildman–Crippen LogP) is 1.36. The van der Waals surface area contributed by atoms with E-state index in [-0.39, 0.29) is 11.8 Å². The molecule has 4 nitrogen and oxygen atoms in total. The summed E-state index contributed by atoms with van der Waals surface area (Å²) in [5.74, 6) is 0.295. The minimum Gasteiger partial charge on any atom is -0.326 e. The summed E-state index contributed by atoms with van der Waals surface area (Å²) in [5.41, 5.74) is 0.832. The molecule has 1 fully saturated rings. The summed E-state index contributed by atoms with van der Waals surface area (Å²) in [7, 11) is 2.09. The smallest absolute Gasteiger partial charge is 0.227 e. The van der Waals surface area contributed by atoms with Gasteiger partial charge in [-0.2, -0.15) is 0 Å². The molecule has 2 heterocycles. The lowest BCUT2D eigenvalue weighted by Gasteiger charge is -2.27. The van der Waals surface area contributed by atoms with E-state index in [2.05, 4.69) is 22.2 Å². The number of amides is 1. The number of nitrogens with zero attached hydrogens (tertiary/aromatic N) is 2. The molecule has 1 aromatic heterocycles. The molecular formula is C12H17N3O. The molecule has 0 unspecified atom stereocenters. The number of anilines is 1. The molecule has 0 atom stereocenters. The van der Waals surface area contributed by atoms with Crippen molar-refractivity contribution in [1.29, 1.82) is 0 Å². The maximum Gasteiger partial charge on any atom is 0.227 e. The van der Waals surface area contributed by atoms with Gasteiger partial charge >= 0.3 is 0 Å². The molecule has 2 rings (SSSR count). The molecule has 0 aliphatic carbocycles. The van der Waals surface area contributed by atoms with Gasteiger partial charge in [-0.05, 0) is 45.1 Å². The number of carbonyl (C=O) groups is 1. The summed E-state index contributed by atoms with van der Waals surface area (Å²) < 4.78 is 0. The fourth-order valence-electron chi connectivity index (χ4n) is 1.95. The van der Waals surface area contributed by atoms with E-state index in [0.717, 1.165) is 31.6 Å². The van der Waals surface area contributed by atoms with Crippen molar-refractivity contribution in [2.45, 2.75) is 12.8 Å². The molecule has 0 aromatic carbocycles. The van der Waals surface area contributed by atoms with E-state index in [9.17, 15) is 4.79 Å². The van der Waals surface area contributed by atoms with Crippen LogP contribution in [0.4, 0.5) is 5.69 Å². The molecule has 0 bridgehead atoms. The van der Waals surface area contributed by atoms with Gasteiger partial charge in [0.05, 0.1) is 0 Å². The number of nitrogens with one attached hydrogen (secondary N) is 1. The molecular weight excluding hydrogens is 202 g/mol. The first kappa shape index (κ1) is 11.1. The number of rotatable bonds is 2. The Morgan fingerprint density at radius 3 is 2.62 bits per heavy atom. The maximum atomic E-state index is 11.9. The predicted molar refractivity (Wildman–Crippen MR) is 63.1 cm³/mol. The van der Waals surface area contributed by atoms with Gasteiger partial charge in [0.25, 0.3) is 0 Å². The molecule has 16 heavy (non-hydrogen) atoms. The Labute approximate surface area is 95.7 Å². The van der Waals surface area contributed by atoms with Crippen LogP contribution in [0.1, 0.15) is 12.8 Å². The van der Waals surface area contributed by atoms with Gasteiger partial charge in [-0.1, -0.05) is 0 Å². The van der Waals surface area contributed by atoms with Gasteiger partial charge in [0.15, 0.2) is 0 Å². The highest BCUT2D eigenvalue weighted by molar-refractivity contribution is 5.92. The summed E-state index contributed by atoms with van der Waals surface area (Å²) in [6.07, 6.45) is 5.27. The zero-order chi connectivity index (χ0) is 11.4. The first-order valence-electron chi connectivity index (χ1n) is 5.65. The minimum absolute atomic E-state index is 0.138. The zero-order valence-corrected chi connectivity index (χ0v) is 9.52. The Hall–Kier alpha value is -1.42. The summed E-state index contributed by atoms with van der Waals surface area (Å²) in [5, 5.41) is 2.93. The number of aromatic nitrogens is 1. The molecule has 86 valence electrons. The normalized spacial score (nSPS) is 18.3. The third kappa shape index (κ3) is 2.79. The molecule has 4 heteroatoms. The second-order valence-corrected chi connectivity index (χ2v) is 4.30. The monoisotopic (exact) mass is 219 g/mol. The molecule has 1 aliphatic heterocycles. The van der Waals surface area contributed by atoms with Gasteiger partial charge in [-0.15, -0.1) is 0 Å². The summed E-state index contributed by atoms with van der Waals surface area (Å²) in [6.45, 7) is 2.02. The average molecular weight is 219 g/mol. The number of piperidine rings is 1. The lowest BCUT2D eigenvalue weighted by molar-refractivity contribution is -0.121. The van der Waals surface area contributed by atoms with Crippen LogP contribution >= 0.6 is 0 Å². The van der Waals surface area contributed by atoms with Crippen LogP contribution in [0.2, 0.25) is 0 Å². The Bertz CT molecular complexity index is 345. The summed E-state index contributed by atoms with van der Waals surface area (Å²) in [6, 6.07) is 3.62. The topological polar surface area (TPSA) is 45.2 Å². The van der Waals surface area contributed by atoms with Crippen LogP contribution in [-0.2, 0) is 4.79 Å². The Morgan fingerprint density at radius 1 is 1.38 bits per heavy atom. The molecule has 1 aromatic rings. The Morgan fingerprint density at radius 2 is 2.00 bits per heavy atom. The van der Waals surface area contributed by atoms with Gasteiger partial charge in [0.1, 0.15) is 0 Å². The van der Waals surface area contributed by atoms with Gasteiger partial charge in [0.2, 0.25) is 5.91 Å². The average Bonchev–Trinajstić information content (AvgIpc) is 2.31. The van der Waals surface area contributed by atoms with Crippen LogP contribution in [0.5, 0.6) is 0 Å². The van der Waals surface area contributed by atoms with Crippen LogP contribution in [0.15, 0.2) is 24.5 Å². The van der Waals surface area contributed by atoms with E-state index in [4.69, 9.17) is 0 Å². The molecule has 0 spiro atoms. The van der Waals surface area contributed by atoms with Crippen LogP contribution in [0.25, 0.3) is 0 Å². The van der Waals surface area contributed by atoms with Crippen molar-refractivity contribution >= 4 is 11.6 Å². The Kier molecular flexibility index (Phi) is 3.51. The third-order valence-electron chi connectivity index (χ3n) is 3.04. The van der Waals surface area contributed by atoms with Crippen molar-refractivity contribution in [3.63, 3.8) is 0 Å². The highest BCUT2D eigenvalue weighted by atomic mass is 16.1. The van der Waals surface area contributed by atoms with Crippen molar-refractivity contribution < 1.29 is 4.79 Å². The second-order valence-electron chi connectivity index (χ2n) is 4.30. The number of pyridine rings is 1. The first-order valence-corrected chi connectivity index (χ1v) is 5.65. The van der Waals surface area contributed by atoms with E-state index >= 15 is 0 Å². The fraction of sp³-hybridized carbons (Fsp3) is 0.500. The molecule has 1 saturated heterocycles. The van der Waals surface area contributed by atoms with Crippen LogP contribution in [0, 0.1) is 5.92 Å². The standard InChI is InChI=1S/C12H17N3O/c1-15-8-4-10(5-9-15)12(16)14-11-2-6-13-7-3-11/h2-3,6-7,10H,4-5,8-9H2,1H3,(H,13,14,16). The lowest BCUT2D eigenvalue weighted by Crippen LogP contribution is -2.35. The maximum absolute atomic E-state index is 11.9. The van der Waals surface area contributed by atoms with Crippen molar-refractivity contribution in [1.82, 2.24) is 9.88 Å². The van der Waals surface area contributed by atoms with Crippen molar-refractivity contribution in [3.05, 3.63) is 24.5 Å². The largest absolute Gasteiger partial charge is 0.326 e. The lowest BCUT2D eigenvalue weighted by atomic mass is 9.96. The minimum atomic E-state index is 0.138. The van der Waals surface area contributed by atoms with E-state index < -0.39 is 0 Å². The van der Waals surface area contributed by atoms with Crippen LogP contribution in [0.3, 0.4) is 0 Å². The third-order valence-corrected chi connectivity index (χ3v) is 3.04. The summed E-state index contributed by atoms with van der Waals surface area (Å²) >= 11 is 0. The van der Waals surface area contributed by atoms with Gasteiger partial charge < -0.3 is 10.2 Å².